The van der Waals surface area contributed by atoms with Gasteiger partial charge >= 0.3 is 6.18 Å². The van der Waals surface area contributed by atoms with Gasteiger partial charge in [0.1, 0.15) is 29.1 Å². The number of nitrogens with zero attached hydrogens (tertiary/aromatic N) is 3. The van der Waals surface area contributed by atoms with Gasteiger partial charge in [-0.25, -0.2) is 13.8 Å². The SMILES string of the molecule is CC[C@@H](NC(=O)c1cn(-c2ccc(F)cc2F)c2nc(N3CCC(C)(OC)C3)ccc2c1=O)C(F)(F)F. The monoisotopic (exact) mass is 524 g/mol. The maximum Gasteiger partial charge on any atom is 0.408 e. The molecule has 0 radical (unpaired) electrons. The largest absolute Gasteiger partial charge is 0.408 e. The third-order valence-electron chi connectivity index (χ3n) is 6.61. The molecule has 1 aliphatic heterocycles. The fourth-order valence-electron chi connectivity index (χ4n) is 4.34. The molecular formula is C25H25F5N4O3. The van der Waals surface area contributed by atoms with Gasteiger partial charge in [-0.2, -0.15) is 13.2 Å². The maximum absolute atomic E-state index is 14.8. The van der Waals surface area contributed by atoms with Crippen LogP contribution in [0.5, 0.6) is 0 Å². The van der Waals surface area contributed by atoms with Gasteiger partial charge in [0, 0.05) is 32.5 Å². The average molecular weight is 524 g/mol. The number of rotatable bonds is 6. The molecule has 1 unspecified atom stereocenters. The van der Waals surface area contributed by atoms with Crippen LogP contribution in [0.4, 0.5) is 27.8 Å². The van der Waals surface area contributed by atoms with Crippen LogP contribution in [-0.4, -0.2) is 53.5 Å². The van der Waals surface area contributed by atoms with Crippen LogP contribution in [-0.2, 0) is 4.74 Å². The molecule has 1 N–H and O–H groups in total. The minimum absolute atomic E-state index is 0.0431. The second-order valence-corrected chi connectivity index (χ2v) is 9.18. The highest BCUT2D eigenvalue weighted by atomic mass is 19.4. The summed E-state index contributed by atoms with van der Waals surface area (Å²) in [4.78, 5) is 32.5. The Kier molecular flexibility index (Phi) is 6.97. The number of fused-ring (bicyclic) bond motifs is 1. The lowest BCUT2D eigenvalue weighted by atomic mass is 10.1. The van der Waals surface area contributed by atoms with Crippen LogP contribution in [0.15, 0.2) is 41.3 Å². The molecule has 1 aliphatic rings. The number of ether oxygens (including phenoxy) is 1. The number of benzene rings is 1. The third-order valence-corrected chi connectivity index (χ3v) is 6.61. The number of carbonyl (C=O) groups excluding carboxylic acids is 1. The number of methoxy groups -OCH3 is 1. The highest BCUT2D eigenvalue weighted by Gasteiger charge is 2.40. The fraction of sp³-hybridized carbons (Fsp3) is 0.400. The van der Waals surface area contributed by atoms with Crippen molar-refractivity contribution in [3.63, 3.8) is 0 Å². The Hall–Kier alpha value is -3.54. The standard InChI is InChI=1S/C25H25F5N4O3/c1-4-19(25(28,29)30)31-23(36)16-12-34(18-7-5-14(26)11-17(18)27)22-15(21(16)35)6-8-20(32-22)33-10-9-24(2,13-33)37-3/h5-8,11-12,19H,4,9-10,13H2,1-3H3,(H,31,36)/t19-,24?/m1/s1. The average Bonchev–Trinajstić information content (AvgIpc) is 3.25. The lowest BCUT2D eigenvalue weighted by Gasteiger charge is -2.24. The normalized spacial score (nSPS) is 18.9. The van der Waals surface area contributed by atoms with Gasteiger partial charge in [0.05, 0.1) is 16.7 Å². The molecule has 3 heterocycles. The summed E-state index contributed by atoms with van der Waals surface area (Å²) in [5.74, 6) is -2.69. The van der Waals surface area contributed by atoms with Crippen molar-refractivity contribution in [1.82, 2.24) is 14.9 Å². The van der Waals surface area contributed by atoms with Crippen LogP contribution in [0.2, 0.25) is 0 Å². The lowest BCUT2D eigenvalue weighted by Crippen LogP contribution is -2.46. The molecular weight excluding hydrogens is 499 g/mol. The zero-order valence-corrected chi connectivity index (χ0v) is 20.3. The molecule has 0 aliphatic carbocycles. The summed E-state index contributed by atoms with van der Waals surface area (Å²) in [7, 11) is 1.60. The van der Waals surface area contributed by atoms with Gasteiger partial charge in [-0.05, 0) is 44.0 Å². The van der Waals surface area contributed by atoms with E-state index in [4.69, 9.17) is 4.74 Å². The molecule has 0 saturated carbocycles. The van der Waals surface area contributed by atoms with Crippen molar-refractivity contribution in [3.8, 4) is 5.69 Å². The van der Waals surface area contributed by atoms with Crippen molar-refractivity contribution in [2.24, 2.45) is 0 Å². The summed E-state index contributed by atoms with van der Waals surface area (Å²) < 4.78 is 74.8. The van der Waals surface area contributed by atoms with E-state index in [1.807, 2.05) is 17.1 Å². The van der Waals surface area contributed by atoms with Crippen molar-refractivity contribution in [3.05, 3.63) is 63.9 Å². The molecule has 1 aromatic carbocycles. The summed E-state index contributed by atoms with van der Waals surface area (Å²) in [6, 6.07) is 3.43. The van der Waals surface area contributed by atoms with E-state index in [1.165, 1.54) is 13.0 Å². The van der Waals surface area contributed by atoms with Crippen molar-refractivity contribution in [2.75, 3.05) is 25.1 Å². The van der Waals surface area contributed by atoms with E-state index in [0.29, 0.717) is 31.4 Å². The minimum atomic E-state index is -4.73. The van der Waals surface area contributed by atoms with Crippen LogP contribution in [0.1, 0.15) is 37.0 Å². The first-order valence-corrected chi connectivity index (χ1v) is 11.6. The van der Waals surface area contributed by atoms with Crippen molar-refractivity contribution in [1.29, 1.82) is 0 Å². The van der Waals surface area contributed by atoms with Gasteiger partial charge < -0.3 is 15.0 Å². The Morgan fingerprint density at radius 1 is 1.24 bits per heavy atom. The zero-order valence-electron chi connectivity index (χ0n) is 20.3. The number of carbonyl (C=O) groups is 1. The molecule has 2 aromatic heterocycles. The molecule has 3 aromatic rings. The van der Waals surface area contributed by atoms with Crippen LogP contribution in [0.25, 0.3) is 16.7 Å². The summed E-state index contributed by atoms with van der Waals surface area (Å²) in [5.41, 5.74) is -2.21. The first kappa shape index (κ1) is 26.5. The van der Waals surface area contributed by atoms with E-state index in [0.717, 1.165) is 22.9 Å². The van der Waals surface area contributed by atoms with Gasteiger partial charge in [-0.1, -0.05) is 6.92 Å². The Morgan fingerprint density at radius 3 is 2.57 bits per heavy atom. The van der Waals surface area contributed by atoms with E-state index < -0.39 is 52.8 Å². The molecule has 37 heavy (non-hydrogen) atoms. The number of anilines is 1. The van der Waals surface area contributed by atoms with E-state index >= 15 is 0 Å². The first-order valence-electron chi connectivity index (χ1n) is 11.6. The van der Waals surface area contributed by atoms with Crippen LogP contribution >= 0.6 is 0 Å². The quantitative estimate of drug-likeness (QED) is 0.486. The number of amides is 1. The predicted molar refractivity (Wildman–Crippen MR) is 127 cm³/mol. The highest BCUT2D eigenvalue weighted by molar-refractivity contribution is 5.97. The van der Waals surface area contributed by atoms with Gasteiger partial charge in [0.25, 0.3) is 5.91 Å². The summed E-state index contributed by atoms with van der Waals surface area (Å²) in [6.45, 7) is 4.26. The number of hydrogen-bond acceptors (Lipinski definition) is 5. The third kappa shape index (κ3) is 5.15. The fourth-order valence-corrected chi connectivity index (χ4v) is 4.34. The Bertz CT molecular complexity index is 1410. The summed E-state index contributed by atoms with van der Waals surface area (Å²) in [5, 5.41) is 1.71. The topological polar surface area (TPSA) is 76.5 Å². The molecule has 2 atom stereocenters. The number of alkyl halides is 3. The lowest BCUT2D eigenvalue weighted by molar-refractivity contribution is -0.153. The molecule has 4 rings (SSSR count). The highest BCUT2D eigenvalue weighted by Crippen LogP contribution is 2.30. The Labute approximate surface area is 208 Å². The number of nitrogens with one attached hydrogen (secondary N) is 1. The maximum atomic E-state index is 14.8. The Morgan fingerprint density at radius 2 is 1.97 bits per heavy atom. The second kappa shape index (κ2) is 9.73. The first-order chi connectivity index (χ1) is 17.4. The van der Waals surface area contributed by atoms with Gasteiger partial charge in [-0.3, -0.25) is 14.2 Å². The van der Waals surface area contributed by atoms with Crippen LogP contribution < -0.4 is 15.6 Å². The molecule has 1 amide bonds. The van der Waals surface area contributed by atoms with Crippen molar-refractivity contribution >= 4 is 22.8 Å². The van der Waals surface area contributed by atoms with E-state index in [-0.39, 0.29) is 16.7 Å². The van der Waals surface area contributed by atoms with Gasteiger partial charge in [0.15, 0.2) is 5.65 Å². The van der Waals surface area contributed by atoms with Gasteiger partial charge in [0.2, 0.25) is 5.43 Å². The van der Waals surface area contributed by atoms with E-state index in [1.54, 1.807) is 13.2 Å². The van der Waals surface area contributed by atoms with Crippen LogP contribution in [0.3, 0.4) is 0 Å². The molecule has 0 bridgehead atoms. The number of aromatic nitrogens is 2. The summed E-state index contributed by atoms with van der Waals surface area (Å²) >= 11 is 0. The van der Waals surface area contributed by atoms with Crippen molar-refractivity contribution in [2.45, 2.75) is 44.5 Å². The molecule has 198 valence electrons. The minimum Gasteiger partial charge on any atom is -0.377 e. The summed E-state index contributed by atoms with van der Waals surface area (Å²) in [6.07, 6.45) is -3.55. The molecule has 12 heteroatoms. The number of halogens is 5. The number of pyridine rings is 2. The molecule has 7 nitrogen and oxygen atoms in total. The van der Waals surface area contributed by atoms with E-state index in [2.05, 4.69) is 4.98 Å². The number of hydrogen-bond donors (Lipinski definition) is 1. The molecule has 1 saturated heterocycles. The van der Waals surface area contributed by atoms with Gasteiger partial charge in [-0.15, -0.1) is 0 Å². The van der Waals surface area contributed by atoms with Crippen molar-refractivity contribution < 1.29 is 31.5 Å². The second-order valence-electron chi connectivity index (χ2n) is 9.18. The molecule has 0 spiro atoms. The predicted octanol–water partition coefficient (Wildman–Crippen LogP) is 4.35. The zero-order chi connectivity index (χ0) is 27.1. The van der Waals surface area contributed by atoms with E-state index in [9.17, 15) is 31.5 Å². The molecule has 1 fully saturated rings. The van der Waals surface area contributed by atoms with Crippen LogP contribution in [0, 0.1) is 11.6 Å². The smallest absolute Gasteiger partial charge is 0.377 e. The Balaban J connectivity index is 1.89.